The fraction of sp³-hybridized carbons (Fsp3) is 0.0769. The van der Waals surface area contributed by atoms with Crippen LogP contribution in [0.3, 0.4) is 0 Å². The summed E-state index contributed by atoms with van der Waals surface area (Å²) in [5, 5.41) is 16.4. The van der Waals surface area contributed by atoms with E-state index in [0.29, 0.717) is 11.4 Å². The van der Waals surface area contributed by atoms with Gasteiger partial charge in [0, 0.05) is 12.1 Å². The van der Waals surface area contributed by atoms with Crippen LogP contribution in [0.15, 0.2) is 46.6 Å². The van der Waals surface area contributed by atoms with Crippen LogP contribution in [-0.2, 0) is 0 Å². The van der Waals surface area contributed by atoms with E-state index >= 15 is 0 Å². The second-order valence-electron chi connectivity index (χ2n) is 3.66. The molecule has 0 saturated carbocycles. The Labute approximate surface area is 108 Å². The van der Waals surface area contributed by atoms with Crippen molar-refractivity contribution in [3.63, 3.8) is 0 Å². The van der Waals surface area contributed by atoms with Crippen LogP contribution in [0.2, 0.25) is 0 Å². The van der Waals surface area contributed by atoms with E-state index in [1.54, 1.807) is 31.4 Å². The molecule has 0 atom stereocenters. The van der Waals surface area contributed by atoms with Crippen LogP contribution in [-0.4, -0.2) is 12.2 Å². The number of azo groups is 1. The largest absolute Gasteiger partial charge is 0.503 e. The zero-order chi connectivity index (χ0) is 13.8. The van der Waals surface area contributed by atoms with Crippen molar-refractivity contribution in [1.29, 1.82) is 0 Å². The topological polar surface area (TPSA) is 54.2 Å². The van der Waals surface area contributed by atoms with Gasteiger partial charge in [0.05, 0.1) is 18.5 Å². The molecule has 0 aliphatic rings. The number of aromatic hydroxyl groups is 1. The zero-order valence-corrected chi connectivity index (χ0v) is 9.97. The molecule has 0 amide bonds. The average Bonchev–Trinajstić information content (AvgIpc) is 2.43. The maximum Gasteiger partial charge on any atom is 0.187 e. The van der Waals surface area contributed by atoms with Crippen molar-refractivity contribution in [2.24, 2.45) is 10.2 Å². The molecule has 0 spiro atoms. The van der Waals surface area contributed by atoms with Crippen LogP contribution < -0.4 is 4.74 Å². The molecule has 2 aromatic carbocycles. The molecule has 6 heteroatoms. The number of phenols is 1. The molecule has 1 N–H and O–H groups in total. The van der Waals surface area contributed by atoms with Gasteiger partial charge in [-0.15, -0.1) is 0 Å². The zero-order valence-electron chi connectivity index (χ0n) is 9.97. The Morgan fingerprint density at radius 2 is 1.47 bits per heavy atom. The van der Waals surface area contributed by atoms with Crippen molar-refractivity contribution in [3.8, 4) is 11.5 Å². The minimum atomic E-state index is -1.08. The second kappa shape index (κ2) is 5.43. The van der Waals surface area contributed by atoms with Crippen LogP contribution in [0.1, 0.15) is 0 Å². The van der Waals surface area contributed by atoms with E-state index < -0.39 is 17.4 Å². The predicted molar refractivity (Wildman–Crippen MR) is 65.2 cm³/mol. The lowest BCUT2D eigenvalue weighted by Crippen LogP contribution is -1.81. The number of hydrogen-bond donors (Lipinski definition) is 1. The lowest BCUT2D eigenvalue weighted by Gasteiger charge is -1.99. The molecule has 0 aromatic heterocycles. The van der Waals surface area contributed by atoms with Crippen LogP contribution in [0, 0.1) is 11.6 Å². The Morgan fingerprint density at radius 3 is 2.00 bits per heavy atom. The lowest BCUT2D eigenvalue weighted by molar-refractivity contribution is 0.396. The van der Waals surface area contributed by atoms with E-state index in [4.69, 9.17) is 9.84 Å². The number of methoxy groups -OCH3 is 1. The van der Waals surface area contributed by atoms with E-state index in [-0.39, 0.29) is 5.69 Å². The highest BCUT2D eigenvalue weighted by Crippen LogP contribution is 2.27. The van der Waals surface area contributed by atoms with E-state index in [1.807, 2.05) is 0 Å². The maximum atomic E-state index is 13.1. The molecule has 0 aliphatic carbocycles. The first-order chi connectivity index (χ1) is 9.10. The number of halogens is 2. The summed E-state index contributed by atoms with van der Waals surface area (Å²) < 4.78 is 31.1. The molecule has 0 aliphatic heterocycles. The molecule has 0 heterocycles. The van der Waals surface area contributed by atoms with Crippen LogP contribution in [0.4, 0.5) is 20.2 Å². The van der Waals surface area contributed by atoms with Crippen molar-refractivity contribution in [3.05, 3.63) is 48.0 Å². The van der Waals surface area contributed by atoms with Gasteiger partial charge in [-0.2, -0.15) is 10.2 Å². The standard InChI is InChI=1S/C13H10F2N2O2/c1-19-10-4-2-8(3-5-10)16-17-9-6-11(14)13(18)12(15)7-9/h2-7,18H,1H3/b17-16+. The molecular weight excluding hydrogens is 254 g/mol. The molecule has 4 nitrogen and oxygen atoms in total. The average molecular weight is 264 g/mol. The van der Waals surface area contributed by atoms with Crippen molar-refractivity contribution >= 4 is 11.4 Å². The summed E-state index contributed by atoms with van der Waals surface area (Å²) in [6, 6.07) is 8.46. The van der Waals surface area contributed by atoms with Gasteiger partial charge in [0.1, 0.15) is 5.75 Å². The summed E-state index contributed by atoms with van der Waals surface area (Å²) in [6.45, 7) is 0. The lowest BCUT2D eigenvalue weighted by atomic mass is 10.3. The summed E-state index contributed by atoms with van der Waals surface area (Å²) in [5.41, 5.74) is 0.485. The Hall–Kier alpha value is -2.50. The molecule has 0 unspecified atom stereocenters. The quantitative estimate of drug-likeness (QED) is 0.848. The summed E-state index contributed by atoms with van der Waals surface area (Å²) in [4.78, 5) is 0. The van der Waals surface area contributed by atoms with Gasteiger partial charge in [-0.3, -0.25) is 0 Å². The van der Waals surface area contributed by atoms with Gasteiger partial charge in [0.15, 0.2) is 17.4 Å². The molecule has 0 saturated heterocycles. The van der Waals surface area contributed by atoms with Gasteiger partial charge >= 0.3 is 0 Å². The van der Waals surface area contributed by atoms with Gasteiger partial charge in [-0.1, -0.05) is 0 Å². The monoisotopic (exact) mass is 264 g/mol. The number of rotatable bonds is 3. The molecule has 0 radical (unpaired) electrons. The van der Waals surface area contributed by atoms with Gasteiger partial charge in [-0.05, 0) is 24.3 Å². The Balaban J connectivity index is 2.22. The maximum absolute atomic E-state index is 13.1. The molecule has 19 heavy (non-hydrogen) atoms. The number of phenolic OH excluding ortho intramolecular Hbond substituents is 1. The van der Waals surface area contributed by atoms with Gasteiger partial charge in [0.2, 0.25) is 0 Å². The smallest absolute Gasteiger partial charge is 0.187 e. The first-order valence-corrected chi connectivity index (χ1v) is 5.34. The number of hydrogen-bond acceptors (Lipinski definition) is 4. The second-order valence-corrected chi connectivity index (χ2v) is 3.66. The van der Waals surface area contributed by atoms with Crippen molar-refractivity contribution in [2.45, 2.75) is 0 Å². The first kappa shape index (κ1) is 12.9. The van der Waals surface area contributed by atoms with Gasteiger partial charge in [-0.25, -0.2) is 8.78 Å². The van der Waals surface area contributed by atoms with Crippen LogP contribution >= 0.6 is 0 Å². The Bertz CT molecular complexity index is 590. The minimum Gasteiger partial charge on any atom is -0.503 e. The summed E-state index contributed by atoms with van der Waals surface area (Å²) in [5.74, 6) is -2.52. The normalized spacial score (nSPS) is 10.9. The van der Waals surface area contributed by atoms with E-state index in [2.05, 4.69) is 10.2 Å². The van der Waals surface area contributed by atoms with Gasteiger partial charge < -0.3 is 9.84 Å². The Morgan fingerprint density at radius 1 is 0.947 bits per heavy atom. The molecule has 0 bridgehead atoms. The third-order valence-electron chi connectivity index (χ3n) is 2.36. The fourth-order valence-electron chi connectivity index (χ4n) is 1.37. The van der Waals surface area contributed by atoms with Crippen molar-refractivity contribution < 1.29 is 18.6 Å². The van der Waals surface area contributed by atoms with Crippen LogP contribution in [0.5, 0.6) is 11.5 Å². The number of ether oxygens (including phenoxy) is 1. The minimum absolute atomic E-state index is 0.0244. The van der Waals surface area contributed by atoms with E-state index in [9.17, 15) is 8.78 Å². The summed E-state index contributed by atoms with van der Waals surface area (Å²) in [7, 11) is 1.54. The van der Waals surface area contributed by atoms with Gasteiger partial charge in [0.25, 0.3) is 0 Å². The third-order valence-corrected chi connectivity index (χ3v) is 2.36. The SMILES string of the molecule is COc1ccc(/N=N/c2cc(F)c(O)c(F)c2)cc1. The van der Waals surface area contributed by atoms with E-state index in [1.165, 1.54) is 0 Å². The number of benzene rings is 2. The highest BCUT2D eigenvalue weighted by Gasteiger charge is 2.08. The third kappa shape index (κ3) is 3.04. The van der Waals surface area contributed by atoms with Crippen molar-refractivity contribution in [2.75, 3.05) is 7.11 Å². The molecule has 98 valence electrons. The highest BCUT2D eigenvalue weighted by molar-refractivity contribution is 5.45. The first-order valence-electron chi connectivity index (χ1n) is 5.34. The molecule has 0 fully saturated rings. The fourth-order valence-corrected chi connectivity index (χ4v) is 1.37. The molecule has 2 rings (SSSR count). The summed E-state index contributed by atoms with van der Waals surface area (Å²) >= 11 is 0. The van der Waals surface area contributed by atoms with Crippen LogP contribution in [0.25, 0.3) is 0 Å². The molecular formula is C13H10F2N2O2. The Kier molecular flexibility index (Phi) is 3.70. The van der Waals surface area contributed by atoms with E-state index in [0.717, 1.165) is 12.1 Å². The molecule has 2 aromatic rings. The van der Waals surface area contributed by atoms with Crippen molar-refractivity contribution in [1.82, 2.24) is 0 Å². The highest BCUT2D eigenvalue weighted by atomic mass is 19.1. The number of nitrogens with zero attached hydrogens (tertiary/aromatic N) is 2. The summed E-state index contributed by atoms with van der Waals surface area (Å²) in [6.07, 6.45) is 0. The predicted octanol–water partition coefficient (Wildman–Crippen LogP) is 4.09.